The molecule has 1 N–H and O–H groups in total. The zero-order valence-electron chi connectivity index (χ0n) is 13.7. The highest BCUT2D eigenvalue weighted by atomic mass is 35.5. The van der Waals surface area contributed by atoms with E-state index >= 15 is 0 Å². The van der Waals surface area contributed by atoms with Crippen LogP contribution in [0.2, 0.25) is 10.0 Å². The molecular formula is C19H16Cl2N2O2. The Kier molecular flexibility index (Phi) is 4.84. The molecule has 1 atom stereocenters. The predicted molar refractivity (Wildman–Crippen MR) is 102 cm³/mol. The van der Waals surface area contributed by atoms with Gasteiger partial charge in [-0.1, -0.05) is 47.5 Å². The number of halogens is 2. The third kappa shape index (κ3) is 3.41. The molecule has 4 nitrogen and oxygen atoms in total. The molecule has 25 heavy (non-hydrogen) atoms. The minimum absolute atomic E-state index is 0.235. The third-order valence-corrected chi connectivity index (χ3v) is 4.74. The second-order valence-corrected chi connectivity index (χ2v) is 6.68. The Labute approximate surface area is 155 Å². The van der Waals surface area contributed by atoms with Crippen LogP contribution in [0, 0.1) is 0 Å². The average molecular weight is 375 g/mol. The Morgan fingerprint density at radius 1 is 1.12 bits per heavy atom. The Bertz CT molecular complexity index is 1030. The molecule has 0 aliphatic heterocycles. The number of fused-ring (bicyclic) bond motifs is 1. The van der Waals surface area contributed by atoms with E-state index in [0.29, 0.717) is 21.1 Å². The number of carbonyl (C=O) groups excluding carboxylic acids is 1. The van der Waals surface area contributed by atoms with Gasteiger partial charge < -0.3 is 9.88 Å². The van der Waals surface area contributed by atoms with Crippen molar-refractivity contribution in [3.05, 3.63) is 80.1 Å². The Hall–Kier alpha value is -2.30. The fraction of sp³-hybridized carbons (Fsp3) is 0.158. The number of amides is 1. The van der Waals surface area contributed by atoms with Gasteiger partial charge in [0.15, 0.2) is 0 Å². The lowest BCUT2D eigenvalue weighted by molar-refractivity contribution is 0.0941. The molecule has 0 saturated heterocycles. The number of para-hydroxylation sites is 1. The summed E-state index contributed by atoms with van der Waals surface area (Å²) in [6, 6.07) is 13.5. The Morgan fingerprint density at radius 3 is 2.56 bits per heavy atom. The largest absolute Gasteiger partial charge is 0.345 e. The maximum absolute atomic E-state index is 12.8. The predicted octanol–water partition coefficient (Wildman–Crippen LogP) is 4.34. The molecule has 1 unspecified atom stereocenters. The first-order valence-electron chi connectivity index (χ1n) is 7.73. The summed E-state index contributed by atoms with van der Waals surface area (Å²) >= 11 is 12.1. The van der Waals surface area contributed by atoms with E-state index in [1.54, 1.807) is 25.2 Å². The van der Waals surface area contributed by atoms with Crippen LogP contribution in [0.4, 0.5) is 0 Å². The van der Waals surface area contributed by atoms with Crippen LogP contribution in [0.15, 0.2) is 53.3 Å². The lowest BCUT2D eigenvalue weighted by Crippen LogP contribution is -2.29. The van der Waals surface area contributed by atoms with Crippen LogP contribution < -0.4 is 10.9 Å². The van der Waals surface area contributed by atoms with Crippen molar-refractivity contribution in [2.75, 3.05) is 0 Å². The molecule has 1 heterocycles. The van der Waals surface area contributed by atoms with Crippen molar-refractivity contribution < 1.29 is 4.79 Å². The molecule has 3 aromatic rings. The Morgan fingerprint density at radius 2 is 1.84 bits per heavy atom. The summed E-state index contributed by atoms with van der Waals surface area (Å²) in [6.07, 6.45) is 0. The van der Waals surface area contributed by atoms with E-state index in [1.807, 2.05) is 31.2 Å². The normalized spacial score (nSPS) is 12.2. The molecule has 0 bridgehead atoms. The minimum atomic E-state index is -0.333. The summed E-state index contributed by atoms with van der Waals surface area (Å²) in [5.74, 6) is -0.326. The maximum Gasteiger partial charge on any atom is 0.252 e. The second-order valence-electron chi connectivity index (χ2n) is 5.83. The fourth-order valence-corrected chi connectivity index (χ4v) is 3.38. The van der Waals surface area contributed by atoms with Crippen LogP contribution in [0.5, 0.6) is 0 Å². The summed E-state index contributed by atoms with van der Waals surface area (Å²) in [5, 5.41) is 4.63. The first-order chi connectivity index (χ1) is 11.9. The van der Waals surface area contributed by atoms with E-state index in [2.05, 4.69) is 5.32 Å². The molecular weight excluding hydrogens is 359 g/mol. The standard InChI is InChI=1S/C19H16Cl2N2O2/c1-11(13-8-7-12(20)9-16(13)21)22-19(25)15-10-18(24)23(2)17-6-4-3-5-14(15)17/h3-11H,1-2H3,(H,22,25). The molecule has 0 saturated carbocycles. The second kappa shape index (κ2) is 6.90. The summed E-state index contributed by atoms with van der Waals surface area (Å²) in [4.78, 5) is 24.9. The first-order valence-corrected chi connectivity index (χ1v) is 8.48. The minimum Gasteiger partial charge on any atom is -0.345 e. The monoisotopic (exact) mass is 374 g/mol. The molecule has 0 radical (unpaired) electrons. The van der Waals surface area contributed by atoms with Gasteiger partial charge in [-0.05, 0) is 30.7 Å². The van der Waals surface area contributed by atoms with Crippen molar-refractivity contribution in [2.45, 2.75) is 13.0 Å². The quantitative estimate of drug-likeness (QED) is 0.741. The number of nitrogens with one attached hydrogen (secondary N) is 1. The van der Waals surface area contributed by atoms with Gasteiger partial charge in [0.05, 0.1) is 17.1 Å². The molecule has 128 valence electrons. The summed E-state index contributed by atoms with van der Waals surface area (Å²) < 4.78 is 1.52. The van der Waals surface area contributed by atoms with Crippen molar-refractivity contribution in [3.8, 4) is 0 Å². The zero-order chi connectivity index (χ0) is 18.1. The lowest BCUT2D eigenvalue weighted by atomic mass is 10.1. The summed E-state index contributed by atoms with van der Waals surface area (Å²) in [5.41, 5.74) is 1.57. The van der Waals surface area contributed by atoms with Crippen molar-refractivity contribution in [1.29, 1.82) is 0 Å². The van der Waals surface area contributed by atoms with Gasteiger partial charge in [-0.2, -0.15) is 0 Å². The van der Waals surface area contributed by atoms with Gasteiger partial charge in [-0.3, -0.25) is 9.59 Å². The van der Waals surface area contributed by atoms with Gasteiger partial charge in [-0.15, -0.1) is 0 Å². The van der Waals surface area contributed by atoms with Crippen molar-refractivity contribution >= 4 is 40.0 Å². The van der Waals surface area contributed by atoms with Crippen LogP contribution in [0.25, 0.3) is 10.9 Å². The van der Waals surface area contributed by atoms with Crippen LogP contribution in [0.1, 0.15) is 28.9 Å². The number of aromatic nitrogens is 1. The number of benzene rings is 2. The van der Waals surface area contributed by atoms with Crippen LogP contribution in [0.3, 0.4) is 0 Å². The Balaban J connectivity index is 1.98. The number of hydrogen-bond donors (Lipinski definition) is 1. The van der Waals surface area contributed by atoms with Crippen molar-refractivity contribution in [3.63, 3.8) is 0 Å². The topological polar surface area (TPSA) is 51.1 Å². The fourth-order valence-electron chi connectivity index (χ4n) is 2.80. The van der Waals surface area contributed by atoms with E-state index in [0.717, 1.165) is 10.9 Å². The summed E-state index contributed by atoms with van der Waals surface area (Å²) in [6.45, 7) is 1.83. The van der Waals surface area contributed by atoms with Gasteiger partial charge in [0, 0.05) is 28.5 Å². The number of carbonyl (C=O) groups is 1. The van der Waals surface area contributed by atoms with Gasteiger partial charge in [0.2, 0.25) is 0 Å². The van der Waals surface area contributed by atoms with Crippen molar-refractivity contribution in [1.82, 2.24) is 9.88 Å². The van der Waals surface area contributed by atoms with Gasteiger partial charge in [0.1, 0.15) is 0 Å². The third-order valence-electron chi connectivity index (χ3n) is 4.18. The molecule has 3 rings (SSSR count). The van der Waals surface area contributed by atoms with Crippen LogP contribution in [-0.2, 0) is 7.05 Å². The number of nitrogens with zero attached hydrogens (tertiary/aromatic N) is 1. The zero-order valence-corrected chi connectivity index (χ0v) is 15.2. The number of pyridine rings is 1. The first kappa shape index (κ1) is 17.5. The molecule has 6 heteroatoms. The van der Waals surface area contributed by atoms with E-state index in [1.165, 1.54) is 10.6 Å². The van der Waals surface area contributed by atoms with Crippen LogP contribution in [-0.4, -0.2) is 10.5 Å². The molecule has 0 aliphatic carbocycles. The number of hydrogen-bond acceptors (Lipinski definition) is 2. The highest BCUT2D eigenvalue weighted by molar-refractivity contribution is 6.35. The van der Waals surface area contributed by atoms with Crippen LogP contribution >= 0.6 is 23.2 Å². The van der Waals surface area contributed by atoms with E-state index in [9.17, 15) is 9.59 Å². The lowest BCUT2D eigenvalue weighted by Gasteiger charge is -2.17. The summed E-state index contributed by atoms with van der Waals surface area (Å²) in [7, 11) is 1.68. The smallest absolute Gasteiger partial charge is 0.252 e. The molecule has 1 aromatic heterocycles. The molecule has 1 amide bonds. The highest BCUT2D eigenvalue weighted by Gasteiger charge is 2.17. The van der Waals surface area contributed by atoms with Crippen molar-refractivity contribution in [2.24, 2.45) is 7.05 Å². The maximum atomic E-state index is 12.8. The molecule has 2 aromatic carbocycles. The van der Waals surface area contributed by atoms with Gasteiger partial charge in [0.25, 0.3) is 11.5 Å². The SMILES string of the molecule is CC(NC(=O)c1cc(=O)n(C)c2ccccc12)c1ccc(Cl)cc1Cl. The number of aryl methyl sites for hydroxylation is 1. The van der Waals surface area contributed by atoms with Gasteiger partial charge in [-0.25, -0.2) is 0 Å². The van der Waals surface area contributed by atoms with E-state index < -0.39 is 0 Å². The highest BCUT2D eigenvalue weighted by Crippen LogP contribution is 2.26. The van der Waals surface area contributed by atoms with E-state index in [-0.39, 0.29) is 17.5 Å². The molecule has 0 aliphatic rings. The molecule has 0 spiro atoms. The average Bonchev–Trinajstić information content (AvgIpc) is 2.57. The van der Waals surface area contributed by atoms with E-state index in [4.69, 9.17) is 23.2 Å². The number of rotatable bonds is 3. The molecule has 0 fully saturated rings. The van der Waals surface area contributed by atoms with Gasteiger partial charge >= 0.3 is 0 Å².